The van der Waals surface area contributed by atoms with Crippen LogP contribution in [-0.4, -0.2) is 53.5 Å². The largest absolute Gasteiger partial charge is 0.493 e. The van der Waals surface area contributed by atoms with E-state index in [0.29, 0.717) is 6.61 Å². The van der Waals surface area contributed by atoms with Crippen LogP contribution < -0.4 is 4.74 Å². The van der Waals surface area contributed by atoms with Crippen LogP contribution in [0.2, 0.25) is 0 Å². The van der Waals surface area contributed by atoms with Crippen molar-refractivity contribution in [3.05, 3.63) is 59.4 Å². The van der Waals surface area contributed by atoms with Crippen LogP contribution in [0.3, 0.4) is 0 Å². The SMILES string of the molecule is Cc1cccnc1CN1CCN(C(=O)C2CCOc3ccccc3C2)CC1. The van der Waals surface area contributed by atoms with Gasteiger partial charge in [-0.1, -0.05) is 24.3 Å². The third kappa shape index (κ3) is 4.14. The molecule has 1 amide bonds. The van der Waals surface area contributed by atoms with Crippen LogP contribution in [0.4, 0.5) is 0 Å². The van der Waals surface area contributed by atoms with E-state index in [0.717, 1.165) is 62.6 Å². The third-order valence-electron chi connectivity index (χ3n) is 5.69. The van der Waals surface area contributed by atoms with Crippen molar-refractivity contribution in [1.82, 2.24) is 14.8 Å². The summed E-state index contributed by atoms with van der Waals surface area (Å²) < 4.78 is 5.82. The van der Waals surface area contributed by atoms with Gasteiger partial charge in [0.1, 0.15) is 5.75 Å². The van der Waals surface area contributed by atoms with Crippen LogP contribution in [0.15, 0.2) is 42.6 Å². The van der Waals surface area contributed by atoms with Crippen molar-refractivity contribution in [3.63, 3.8) is 0 Å². The van der Waals surface area contributed by atoms with Crippen LogP contribution in [0.25, 0.3) is 0 Å². The number of aryl methyl sites for hydroxylation is 1. The molecule has 27 heavy (non-hydrogen) atoms. The average molecular weight is 365 g/mol. The number of ether oxygens (including phenoxy) is 1. The lowest BCUT2D eigenvalue weighted by Crippen LogP contribution is -2.50. The van der Waals surface area contributed by atoms with Crippen molar-refractivity contribution >= 4 is 5.91 Å². The third-order valence-corrected chi connectivity index (χ3v) is 5.69. The van der Waals surface area contributed by atoms with Crippen molar-refractivity contribution in [2.75, 3.05) is 32.8 Å². The van der Waals surface area contributed by atoms with Gasteiger partial charge in [0.15, 0.2) is 0 Å². The summed E-state index contributed by atoms with van der Waals surface area (Å²) in [7, 11) is 0. The summed E-state index contributed by atoms with van der Waals surface area (Å²) in [6.45, 7) is 6.98. The Balaban J connectivity index is 1.34. The minimum Gasteiger partial charge on any atom is -0.493 e. The average Bonchev–Trinajstić information content (AvgIpc) is 2.92. The highest BCUT2D eigenvalue weighted by molar-refractivity contribution is 5.79. The van der Waals surface area contributed by atoms with Gasteiger partial charge in [0.2, 0.25) is 5.91 Å². The zero-order valence-electron chi connectivity index (χ0n) is 15.9. The zero-order chi connectivity index (χ0) is 18.6. The lowest BCUT2D eigenvalue weighted by atomic mass is 9.95. The quantitative estimate of drug-likeness (QED) is 0.839. The smallest absolute Gasteiger partial charge is 0.226 e. The first-order valence-corrected chi connectivity index (χ1v) is 9.83. The molecule has 2 aliphatic heterocycles. The molecule has 1 fully saturated rings. The maximum absolute atomic E-state index is 13.1. The molecule has 5 heteroatoms. The Hall–Kier alpha value is -2.40. The highest BCUT2D eigenvalue weighted by atomic mass is 16.5. The number of rotatable bonds is 3. The van der Waals surface area contributed by atoms with Gasteiger partial charge in [-0.2, -0.15) is 0 Å². The van der Waals surface area contributed by atoms with Gasteiger partial charge in [-0.25, -0.2) is 0 Å². The van der Waals surface area contributed by atoms with Gasteiger partial charge in [-0.3, -0.25) is 14.7 Å². The van der Waals surface area contributed by atoms with E-state index in [1.165, 1.54) is 5.56 Å². The highest BCUT2D eigenvalue weighted by Gasteiger charge is 2.29. The lowest BCUT2D eigenvalue weighted by molar-refractivity contribution is -0.137. The molecule has 2 aromatic rings. The van der Waals surface area contributed by atoms with Crippen molar-refractivity contribution in [1.29, 1.82) is 0 Å². The topological polar surface area (TPSA) is 45.7 Å². The van der Waals surface area contributed by atoms with Gasteiger partial charge in [0.05, 0.1) is 12.3 Å². The molecule has 1 saturated heterocycles. The Labute approximate surface area is 161 Å². The summed E-state index contributed by atoms with van der Waals surface area (Å²) in [4.78, 5) is 22.0. The summed E-state index contributed by atoms with van der Waals surface area (Å²) in [5, 5.41) is 0. The Kier molecular flexibility index (Phi) is 5.39. The van der Waals surface area contributed by atoms with E-state index in [4.69, 9.17) is 4.74 Å². The number of amides is 1. The molecule has 0 bridgehead atoms. The number of carbonyl (C=O) groups is 1. The molecule has 142 valence electrons. The van der Waals surface area contributed by atoms with Gasteiger partial charge in [-0.15, -0.1) is 0 Å². The highest BCUT2D eigenvalue weighted by Crippen LogP contribution is 2.28. The lowest BCUT2D eigenvalue weighted by Gasteiger charge is -2.36. The summed E-state index contributed by atoms with van der Waals surface area (Å²) >= 11 is 0. The predicted octanol–water partition coefficient (Wildman–Crippen LogP) is 2.68. The van der Waals surface area contributed by atoms with Gasteiger partial charge < -0.3 is 9.64 Å². The van der Waals surface area contributed by atoms with Crippen molar-refractivity contribution in [2.24, 2.45) is 5.92 Å². The van der Waals surface area contributed by atoms with E-state index in [1.54, 1.807) is 0 Å². The van der Waals surface area contributed by atoms with Crippen LogP contribution >= 0.6 is 0 Å². The number of benzene rings is 1. The second-order valence-electron chi connectivity index (χ2n) is 7.51. The minimum absolute atomic E-state index is 0.0261. The molecule has 1 aromatic carbocycles. The molecule has 0 spiro atoms. The van der Waals surface area contributed by atoms with E-state index in [-0.39, 0.29) is 11.8 Å². The van der Waals surface area contributed by atoms with Crippen LogP contribution in [-0.2, 0) is 17.8 Å². The van der Waals surface area contributed by atoms with Crippen LogP contribution in [0, 0.1) is 12.8 Å². The number of fused-ring (bicyclic) bond motifs is 1. The number of aromatic nitrogens is 1. The molecule has 4 rings (SSSR count). The number of piperazine rings is 1. The first-order chi connectivity index (χ1) is 13.2. The van der Waals surface area contributed by atoms with E-state index >= 15 is 0 Å². The summed E-state index contributed by atoms with van der Waals surface area (Å²) in [5.41, 5.74) is 3.51. The van der Waals surface area contributed by atoms with Crippen molar-refractivity contribution in [2.45, 2.75) is 26.3 Å². The van der Waals surface area contributed by atoms with Gasteiger partial charge in [0.25, 0.3) is 0 Å². The maximum Gasteiger partial charge on any atom is 0.226 e. The molecular weight excluding hydrogens is 338 g/mol. The summed E-state index contributed by atoms with van der Waals surface area (Å²) in [6.07, 6.45) is 3.43. The van der Waals surface area contributed by atoms with Crippen LogP contribution in [0.5, 0.6) is 5.75 Å². The molecule has 1 atom stereocenters. The van der Waals surface area contributed by atoms with Crippen molar-refractivity contribution in [3.8, 4) is 5.75 Å². The van der Waals surface area contributed by atoms with Gasteiger partial charge in [-0.05, 0) is 43.0 Å². The number of nitrogens with zero attached hydrogens (tertiary/aromatic N) is 3. The first-order valence-electron chi connectivity index (χ1n) is 9.83. The molecule has 0 radical (unpaired) electrons. The minimum atomic E-state index is 0.0261. The van der Waals surface area contributed by atoms with Gasteiger partial charge >= 0.3 is 0 Å². The Morgan fingerprint density at radius 1 is 1.15 bits per heavy atom. The molecule has 0 saturated carbocycles. The second kappa shape index (κ2) is 8.09. The molecular formula is C22H27N3O2. The first kappa shape index (κ1) is 18.0. The standard InChI is InChI=1S/C22H27N3O2/c1-17-5-4-9-23-20(17)16-24-10-12-25(13-11-24)22(26)19-8-14-27-21-7-3-2-6-18(21)15-19/h2-7,9,19H,8,10-16H2,1H3. The fourth-order valence-electron chi connectivity index (χ4n) is 3.98. The molecule has 1 aromatic heterocycles. The fourth-order valence-corrected chi connectivity index (χ4v) is 3.98. The van der Waals surface area contributed by atoms with E-state index in [1.807, 2.05) is 35.4 Å². The number of carbonyl (C=O) groups excluding carboxylic acids is 1. The molecule has 0 aliphatic carbocycles. The maximum atomic E-state index is 13.1. The fraction of sp³-hybridized carbons (Fsp3) is 0.455. The zero-order valence-corrected chi connectivity index (χ0v) is 15.9. The van der Waals surface area contributed by atoms with Crippen molar-refractivity contribution < 1.29 is 9.53 Å². The number of para-hydroxylation sites is 1. The van der Waals surface area contributed by atoms with E-state index in [2.05, 4.69) is 28.9 Å². The summed E-state index contributed by atoms with van der Waals surface area (Å²) in [6, 6.07) is 12.2. The van der Waals surface area contributed by atoms with E-state index < -0.39 is 0 Å². The van der Waals surface area contributed by atoms with Gasteiger partial charge in [0, 0.05) is 44.8 Å². The monoisotopic (exact) mass is 365 g/mol. The van der Waals surface area contributed by atoms with Crippen LogP contribution in [0.1, 0.15) is 23.2 Å². The molecule has 1 unspecified atom stereocenters. The predicted molar refractivity (Wildman–Crippen MR) is 105 cm³/mol. The molecule has 5 nitrogen and oxygen atoms in total. The summed E-state index contributed by atoms with van der Waals surface area (Å²) in [5.74, 6) is 1.24. The molecule has 0 N–H and O–H groups in total. The molecule has 2 aliphatic rings. The Bertz CT molecular complexity index is 800. The Morgan fingerprint density at radius 2 is 1.96 bits per heavy atom. The van der Waals surface area contributed by atoms with E-state index in [9.17, 15) is 4.79 Å². The second-order valence-corrected chi connectivity index (χ2v) is 7.51. The number of pyridine rings is 1. The number of hydrogen-bond acceptors (Lipinski definition) is 4. The Morgan fingerprint density at radius 3 is 2.78 bits per heavy atom. The molecule has 3 heterocycles. The normalized spacial score (nSPS) is 20.5. The number of hydrogen-bond donors (Lipinski definition) is 0.